The van der Waals surface area contributed by atoms with E-state index in [0.717, 1.165) is 0 Å². The number of hydrogen-bond donors (Lipinski definition) is 1. The standard InChI is InChI=1S/C22H23N3O6/c1-14(2)21(27)30-10-4-5-11-31-22(28)15-6-8-17-18(12-15)24-25(23-17)19-13-16(29-3)7-9-20(19)26/h6-9,12-13,26H,1,4-5,10-11H2,2-3H3. The lowest BCUT2D eigenvalue weighted by Gasteiger charge is -2.06. The minimum atomic E-state index is -0.486. The summed E-state index contributed by atoms with van der Waals surface area (Å²) in [4.78, 5) is 24.9. The Bertz CT molecular complexity index is 1120. The number of unbranched alkanes of at least 4 members (excludes halogenated alkanes) is 1. The first kappa shape index (κ1) is 21.8. The molecule has 1 N–H and O–H groups in total. The van der Waals surface area contributed by atoms with Crippen LogP contribution in [-0.2, 0) is 14.3 Å². The molecular weight excluding hydrogens is 402 g/mol. The maximum atomic E-state index is 12.3. The molecule has 1 aromatic heterocycles. The van der Waals surface area contributed by atoms with Crippen molar-refractivity contribution in [3.8, 4) is 17.2 Å². The summed E-state index contributed by atoms with van der Waals surface area (Å²) in [7, 11) is 1.52. The van der Waals surface area contributed by atoms with Crippen molar-refractivity contribution >= 4 is 23.0 Å². The highest BCUT2D eigenvalue weighted by Gasteiger charge is 2.13. The number of carbonyl (C=O) groups excluding carboxylic acids is 2. The zero-order chi connectivity index (χ0) is 22.4. The second-order valence-corrected chi connectivity index (χ2v) is 6.81. The number of carbonyl (C=O) groups is 2. The molecule has 1 heterocycles. The van der Waals surface area contributed by atoms with Crippen LogP contribution in [0.1, 0.15) is 30.1 Å². The first-order valence-corrected chi connectivity index (χ1v) is 9.63. The predicted octanol–water partition coefficient (Wildman–Crippen LogP) is 3.19. The number of ether oxygens (including phenoxy) is 3. The summed E-state index contributed by atoms with van der Waals surface area (Å²) in [5.74, 6) is -0.372. The van der Waals surface area contributed by atoms with E-state index >= 15 is 0 Å². The van der Waals surface area contributed by atoms with E-state index in [9.17, 15) is 14.7 Å². The van der Waals surface area contributed by atoms with E-state index in [2.05, 4.69) is 16.8 Å². The molecular formula is C22H23N3O6. The fraction of sp³-hybridized carbons (Fsp3) is 0.273. The Hall–Kier alpha value is -3.88. The van der Waals surface area contributed by atoms with Crippen molar-refractivity contribution < 1.29 is 28.9 Å². The smallest absolute Gasteiger partial charge is 0.338 e. The van der Waals surface area contributed by atoms with Crippen molar-refractivity contribution in [2.75, 3.05) is 20.3 Å². The fourth-order valence-electron chi connectivity index (χ4n) is 2.68. The van der Waals surface area contributed by atoms with Crippen LogP contribution in [0.4, 0.5) is 0 Å². The number of hydrogen-bond acceptors (Lipinski definition) is 8. The van der Waals surface area contributed by atoms with Crippen molar-refractivity contribution in [2.45, 2.75) is 19.8 Å². The molecule has 3 rings (SSSR count). The molecule has 9 nitrogen and oxygen atoms in total. The number of aromatic nitrogens is 3. The third kappa shape index (κ3) is 5.39. The number of phenolic OH excluding ortho intramolecular Hbond substituents is 1. The van der Waals surface area contributed by atoms with Gasteiger partial charge in [-0.25, -0.2) is 9.59 Å². The Morgan fingerprint density at radius 3 is 2.45 bits per heavy atom. The van der Waals surface area contributed by atoms with Gasteiger partial charge in [0.05, 0.1) is 25.9 Å². The highest BCUT2D eigenvalue weighted by molar-refractivity contribution is 5.93. The topological polar surface area (TPSA) is 113 Å². The maximum absolute atomic E-state index is 12.3. The van der Waals surface area contributed by atoms with Gasteiger partial charge in [0, 0.05) is 11.6 Å². The van der Waals surface area contributed by atoms with Crippen LogP contribution in [0.25, 0.3) is 16.7 Å². The molecule has 0 bridgehead atoms. The molecule has 0 saturated heterocycles. The van der Waals surface area contributed by atoms with Crippen molar-refractivity contribution in [3.63, 3.8) is 0 Å². The summed E-state index contributed by atoms with van der Waals surface area (Å²) in [5.41, 5.74) is 2.07. The van der Waals surface area contributed by atoms with E-state index in [1.165, 1.54) is 18.0 Å². The van der Waals surface area contributed by atoms with Crippen molar-refractivity contribution in [2.24, 2.45) is 0 Å². The second kappa shape index (κ2) is 9.75. The zero-order valence-electron chi connectivity index (χ0n) is 17.3. The minimum Gasteiger partial charge on any atom is -0.506 e. The molecule has 0 aliphatic heterocycles. The number of esters is 2. The molecule has 0 spiro atoms. The lowest BCUT2D eigenvalue weighted by molar-refractivity contribution is -0.139. The van der Waals surface area contributed by atoms with Crippen LogP contribution >= 0.6 is 0 Å². The van der Waals surface area contributed by atoms with Crippen LogP contribution in [0, 0.1) is 0 Å². The van der Waals surface area contributed by atoms with E-state index in [1.54, 1.807) is 37.3 Å². The number of methoxy groups -OCH3 is 1. The predicted molar refractivity (Wildman–Crippen MR) is 112 cm³/mol. The SMILES string of the molecule is C=C(C)C(=O)OCCCCOC(=O)c1ccc2nn(-c3cc(OC)ccc3O)nc2c1. The lowest BCUT2D eigenvalue weighted by Crippen LogP contribution is -2.09. The Labute approximate surface area is 178 Å². The van der Waals surface area contributed by atoms with Crippen LogP contribution in [0.2, 0.25) is 0 Å². The summed E-state index contributed by atoms with van der Waals surface area (Å²) in [6.07, 6.45) is 1.13. The van der Waals surface area contributed by atoms with Gasteiger partial charge >= 0.3 is 11.9 Å². The fourth-order valence-corrected chi connectivity index (χ4v) is 2.68. The Balaban J connectivity index is 1.60. The molecule has 0 saturated carbocycles. The average molecular weight is 425 g/mol. The molecule has 9 heteroatoms. The maximum Gasteiger partial charge on any atom is 0.338 e. The van der Waals surface area contributed by atoms with Gasteiger partial charge in [-0.2, -0.15) is 0 Å². The third-order valence-electron chi connectivity index (χ3n) is 4.37. The van der Waals surface area contributed by atoms with E-state index in [1.807, 2.05) is 0 Å². The number of nitrogens with zero attached hydrogens (tertiary/aromatic N) is 3. The van der Waals surface area contributed by atoms with E-state index < -0.39 is 11.9 Å². The number of fused-ring (bicyclic) bond motifs is 1. The molecule has 0 amide bonds. The van der Waals surface area contributed by atoms with Gasteiger partial charge in [0.25, 0.3) is 0 Å². The largest absolute Gasteiger partial charge is 0.506 e. The van der Waals surface area contributed by atoms with Gasteiger partial charge in [-0.3, -0.25) is 0 Å². The second-order valence-electron chi connectivity index (χ2n) is 6.81. The van der Waals surface area contributed by atoms with Gasteiger partial charge in [0.1, 0.15) is 28.2 Å². The highest BCUT2D eigenvalue weighted by Crippen LogP contribution is 2.26. The zero-order valence-corrected chi connectivity index (χ0v) is 17.3. The molecule has 0 unspecified atom stereocenters. The number of phenols is 1. The van der Waals surface area contributed by atoms with Crippen molar-refractivity contribution in [3.05, 3.63) is 54.1 Å². The van der Waals surface area contributed by atoms with Gasteiger partial charge in [-0.05, 0) is 50.1 Å². The molecule has 0 radical (unpaired) electrons. The van der Waals surface area contributed by atoms with Gasteiger partial charge in [0.2, 0.25) is 0 Å². The molecule has 31 heavy (non-hydrogen) atoms. The summed E-state index contributed by atoms with van der Waals surface area (Å²) < 4.78 is 15.4. The van der Waals surface area contributed by atoms with E-state index in [-0.39, 0.29) is 19.0 Å². The number of aromatic hydroxyl groups is 1. The van der Waals surface area contributed by atoms with Crippen molar-refractivity contribution in [1.82, 2.24) is 15.0 Å². The Morgan fingerprint density at radius 2 is 1.74 bits per heavy atom. The molecule has 0 aliphatic rings. The Kier molecular flexibility index (Phi) is 6.86. The normalized spacial score (nSPS) is 10.6. The summed E-state index contributed by atoms with van der Waals surface area (Å²) in [6, 6.07) is 9.56. The van der Waals surface area contributed by atoms with E-state index in [0.29, 0.717) is 46.4 Å². The van der Waals surface area contributed by atoms with Crippen LogP contribution in [0.15, 0.2) is 48.6 Å². The highest BCUT2D eigenvalue weighted by atomic mass is 16.5. The van der Waals surface area contributed by atoms with Gasteiger partial charge < -0.3 is 19.3 Å². The van der Waals surface area contributed by atoms with Gasteiger partial charge in [0.15, 0.2) is 0 Å². The lowest BCUT2D eigenvalue weighted by atomic mass is 10.2. The molecule has 0 fully saturated rings. The van der Waals surface area contributed by atoms with E-state index in [4.69, 9.17) is 14.2 Å². The number of benzene rings is 2. The number of rotatable bonds is 9. The quantitative estimate of drug-likeness (QED) is 0.316. The van der Waals surface area contributed by atoms with Crippen LogP contribution < -0.4 is 4.74 Å². The molecule has 3 aromatic rings. The molecule has 0 aliphatic carbocycles. The monoisotopic (exact) mass is 425 g/mol. The molecule has 0 atom stereocenters. The van der Waals surface area contributed by atoms with Crippen LogP contribution in [0.3, 0.4) is 0 Å². The summed E-state index contributed by atoms with van der Waals surface area (Å²) in [5, 5.41) is 18.8. The van der Waals surface area contributed by atoms with Crippen molar-refractivity contribution in [1.29, 1.82) is 0 Å². The summed E-state index contributed by atoms with van der Waals surface area (Å²) >= 11 is 0. The van der Waals surface area contributed by atoms with Gasteiger partial charge in [-0.15, -0.1) is 15.0 Å². The van der Waals surface area contributed by atoms with Gasteiger partial charge in [-0.1, -0.05) is 6.58 Å². The van der Waals surface area contributed by atoms with Crippen LogP contribution in [-0.4, -0.2) is 52.4 Å². The third-order valence-corrected chi connectivity index (χ3v) is 4.37. The minimum absolute atomic E-state index is 0.00494. The average Bonchev–Trinajstić information content (AvgIpc) is 3.19. The Morgan fingerprint density at radius 1 is 1.03 bits per heavy atom. The molecule has 162 valence electrons. The first-order valence-electron chi connectivity index (χ1n) is 9.63. The first-order chi connectivity index (χ1) is 14.9. The summed E-state index contributed by atoms with van der Waals surface area (Å²) in [6.45, 7) is 5.53. The van der Waals surface area contributed by atoms with Crippen LogP contribution in [0.5, 0.6) is 11.5 Å². The molecule has 2 aromatic carbocycles.